The normalized spacial score (nSPS) is 34.6. The smallest absolute Gasteiger partial charge is 0.0686 e. The number of likely N-dealkylation sites (tertiary alicyclic amines) is 1. The molecule has 2 nitrogen and oxygen atoms in total. The van der Waals surface area contributed by atoms with E-state index in [1.165, 1.54) is 19.4 Å². The van der Waals surface area contributed by atoms with Crippen LogP contribution in [0.25, 0.3) is 0 Å². The predicted molar refractivity (Wildman–Crippen MR) is 81.4 cm³/mol. The summed E-state index contributed by atoms with van der Waals surface area (Å²) in [7, 11) is 0. The van der Waals surface area contributed by atoms with Gasteiger partial charge in [-0.15, -0.1) is 0 Å². The Bertz CT molecular complexity index is 330. The van der Waals surface area contributed by atoms with Gasteiger partial charge in [-0.3, -0.25) is 4.90 Å². The SMILES string of the molecule is CC(C)N1CC(C)(C(C)C)CC(C)(C)CC12COC2. The average molecular weight is 267 g/mol. The highest BCUT2D eigenvalue weighted by Crippen LogP contribution is 2.51. The second-order valence-corrected chi connectivity index (χ2v) is 8.77. The fraction of sp³-hybridized carbons (Fsp3) is 1.00. The van der Waals surface area contributed by atoms with Crippen molar-refractivity contribution in [2.45, 2.75) is 72.9 Å². The Morgan fingerprint density at radius 2 is 1.53 bits per heavy atom. The van der Waals surface area contributed by atoms with Crippen LogP contribution in [0.2, 0.25) is 0 Å². The number of ether oxygens (including phenoxy) is 1. The fourth-order valence-electron chi connectivity index (χ4n) is 4.48. The van der Waals surface area contributed by atoms with E-state index in [-0.39, 0.29) is 0 Å². The Labute approximate surface area is 119 Å². The van der Waals surface area contributed by atoms with Gasteiger partial charge in [0.1, 0.15) is 0 Å². The first-order chi connectivity index (χ1) is 8.60. The van der Waals surface area contributed by atoms with E-state index in [2.05, 4.69) is 53.4 Å². The first-order valence-corrected chi connectivity index (χ1v) is 7.95. The summed E-state index contributed by atoms with van der Waals surface area (Å²) >= 11 is 0. The van der Waals surface area contributed by atoms with E-state index in [9.17, 15) is 0 Å². The van der Waals surface area contributed by atoms with E-state index < -0.39 is 0 Å². The molecular weight excluding hydrogens is 234 g/mol. The quantitative estimate of drug-likeness (QED) is 0.751. The van der Waals surface area contributed by atoms with Crippen LogP contribution in [0.1, 0.15) is 61.3 Å². The van der Waals surface area contributed by atoms with Crippen molar-refractivity contribution in [1.29, 1.82) is 0 Å². The monoisotopic (exact) mass is 267 g/mol. The molecule has 0 radical (unpaired) electrons. The van der Waals surface area contributed by atoms with Crippen molar-refractivity contribution in [2.24, 2.45) is 16.7 Å². The molecule has 0 aromatic carbocycles. The van der Waals surface area contributed by atoms with Gasteiger partial charge in [0.15, 0.2) is 0 Å². The van der Waals surface area contributed by atoms with Gasteiger partial charge in [-0.2, -0.15) is 0 Å². The number of rotatable bonds is 2. The van der Waals surface area contributed by atoms with Crippen molar-refractivity contribution < 1.29 is 4.74 Å². The topological polar surface area (TPSA) is 12.5 Å². The van der Waals surface area contributed by atoms with Crippen LogP contribution < -0.4 is 0 Å². The number of hydrogen-bond acceptors (Lipinski definition) is 2. The molecule has 2 saturated heterocycles. The summed E-state index contributed by atoms with van der Waals surface area (Å²) in [6, 6.07) is 0.607. The Hall–Kier alpha value is -0.0800. The van der Waals surface area contributed by atoms with Crippen LogP contribution in [0.4, 0.5) is 0 Å². The number of hydrogen-bond donors (Lipinski definition) is 0. The maximum Gasteiger partial charge on any atom is 0.0686 e. The average Bonchev–Trinajstić information content (AvgIpc) is 2.29. The van der Waals surface area contributed by atoms with Crippen LogP contribution in [0.3, 0.4) is 0 Å². The van der Waals surface area contributed by atoms with Gasteiger partial charge in [0, 0.05) is 12.6 Å². The molecule has 2 heterocycles. The Balaban J connectivity index is 2.36. The summed E-state index contributed by atoms with van der Waals surface area (Å²) < 4.78 is 5.63. The Morgan fingerprint density at radius 3 is 1.89 bits per heavy atom. The van der Waals surface area contributed by atoms with Crippen LogP contribution in [-0.2, 0) is 4.74 Å². The van der Waals surface area contributed by atoms with E-state index in [0.717, 1.165) is 19.1 Å². The second kappa shape index (κ2) is 4.73. The summed E-state index contributed by atoms with van der Waals surface area (Å²) in [4.78, 5) is 2.76. The molecule has 0 aromatic rings. The van der Waals surface area contributed by atoms with Gasteiger partial charge in [-0.25, -0.2) is 0 Å². The standard InChI is InChI=1S/C17H33NO/c1-13(2)16(7)8-15(5,6)9-17(11-19-12-17)18(10-16)14(3)4/h13-14H,8-12H2,1-7H3. The van der Waals surface area contributed by atoms with Gasteiger partial charge in [0.25, 0.3) is 0 Å². The van der Waals surface area contributed by atoms with E-state index in [1.54, 1.807) is 0 Å². The van der Waals surface area contributed by atoms with Crippen LogP contribution in [-0.4, -0.2) is 36.2 Å². The molecule has 2 aliphatic rings. The zero-order valence-corrected chi connectivity index (χ0v) is 14.0. The minimum Gasteiger partial charge on any atom is -0.377 e. The maximum absolute atomic E-state index is 5.63. The van der Waals surface area contributed by atoms with Crippen LogP contribution in [0, 0.1) is 16.7 Å². The molecule has 0 amide bonds. The molecule has 2 heteroatoms. The summed E-state index contributed by atoms with van der Waals surface area (Å²) in [5.41, 5.74) is 1.13. The van der Waals surface area contributed by atoms with E-state index >= 15 is 0 Å². The second-order valence-electron chi connectivity index (χ2n) is 8.77. The fourth-order valence-corrected chi connectivity index (χ4v) is 4.48. The molecule has 0 aromatic heterocycles. The lowest BCUT2D eigenvalue weighted by Crippen LogP contribution is -2.65. The van der Waals surface area contributed by atoms with Gasteiger partial charge in [-0.05, 0) is 43.4 Å². The molecule has 0 saturated carbocycles. The molecular formula is C17H33NO. The van der Waals surface area contributed by atoms with Crippen LogP contribution in [0.5, 0.6) is 0 Å². The highest BCUT2D eigenvalue weighted by atomic mass is 16.5. The largest absolute Gasteiger partial charge is 0.377 e. The van der Waals surface area contributed by atoms with Gasteiger partial charge < -0.3 is 4.74 Å². The molecule has 0 aliphatic carbocycles. The summed E-state index contributed by atoms with van der Waals surface area (Å²) in [6.07, 6.45) is 2.60. The van der Waals surface area contributed by atoms with Crippen molar-refractivity contribution in [1.82, 2.24) is 4.90 Å². The van der Waals surface area contributed by atoms with Crippen LogP contribution in [0.15, 0.2) is 0 Å². The summed E-state index contributed by atoms with van der Waals surface area (Å²) in [5.74, 6) is 0.726. The van der Waals surface area contributed by atoms with Crippen molar-refractivity contribution in [3.05, 3.63) is 0 Å². The van der Waals surface area contributed by atoms with Crippen molar-refractivity contribution >= 4 is 0 Å². The lowest BCUT2D eigenvalue weighted by molar-refractivity contribution is -0.163. The Kier molecular flexibility index (Phi) is 3.81. The van der Waals surface area contributed by atoms with Gasteiger partial charge in [-0.1, -0.05) is 34.6 Å². The lowest BCUT2D eigenvalue weighted by Gasteiger charge is -2.53. The third-order valence-corrected chi connectivity index (χ3v) is 5.59. The van der Waals surface area contributed by atoms with E-state index in [1.807, 2.05) is 0 Å². The molecule has 2 aliphatic heterocycles. The molecule has 19 heavy (non-hydrogen) atoms. The first kappa shape index (κ1) is 15.3. The minimum absolute atomic E-state index is 0.310. The third kappa shape index (κ3) is 2.71. The number of nitrogens with zero attached hydrogens (tertiary/aromatic N) is 1. The third-order valence-electron chi connectivity index (χ3n) is 5.59. The Morgan fingerprint density at radius 1 is 0.947 bits per heavy atom. The molecule has 112 valence electrons. The zero-order chi connectivity index (χ0) is 14.5. The first-order valence-electron chi connectivity index (χ1n) is 7.95. The highest BCUT2D eigenvalue weighted by Gasteiger charge is 2.54. The minimum atomic E-state index is 0.310. The van der Waals surface area contributed by atoms with Gasteiger partial charge in [0.2, 0.25) is 0 Å². The van der Waals surface area contributed by atoms with E-state index in [4.69, 9.17) is 4.74 Å². The lowest BCUT2D eigenvalue weighted by atomic mass is 9.66. The molecule has 1 unspecified atom stereocenters. The summed E-state index contributed by atoms with van der Waals surface area (Å²) in [6.45, 7) is 20.0. The molecule has 2 rings (SSSR count). The van der Waals surface area contributed by atoms with Crippen molar-refractivity contribution in [3.8, 4) is 0 Å². The van der Waals surface area contributed by atoms with E-state index in [0.29, 0.717) is 22.4 Å². The van der Waals surface area contributed by atoms with Crippen molar-refractivity contribution in [2.75, 3.05) is 19.8 Å². The molecule has 1 spiro atoms. The highest BCUT2D eigenvalue weighted by molar-refractivity contribution is 5.06. The molecule has 0 bridgehead atoms. The van der Waals surface area contributed by atoms with Gasteiger partial charge in [0.05, 0.1) is 18.8 Å². The van der Waals surface area contributed by atoms with Crippen molar-refractivity contribution in [3.63, 3.8) is 0 Å². The maximum atomic E-state index is 5.63. The predicted octanol–water partition coefficient (Wildman–Crippen LogP) is 3.95. The van der Waals surface area contributed by atoms with Crippen LogP contribution >= 0.6 is 0 Å². The molecule has 2 fully saturated rings. The van der Waals surface area contributed by atoms with Gasteiger partial charge >= 0.3 is 0 Å². The zero-order valence-electron chi connectivity index (χ0n) is 14.0. The molecule has 0 N–H and O–H groups in total. The summed E-state index contributed by atoms with van der Waals surface area (Å²) in [5, 5.41) is 0. The molecule has 1 atom stereocenters.